The summed E-state index contributed by atoms with van der Waals surface area (Å²) in [4.78, 5) is 11.3. The molecule has 1 aromatic rings. The summed E-state index contributed by atoms with van der Waals surface area (Å²) >= 11 is 6.13. The third-order valence-corrected chi connectivity index (χ3v) is 6.02. The highest BCUT2D eigenvalue weighted by atomic mass is 35.5. The minimum Gasteiger partial charge on any atom is -0.482 e. The van der Waals surface area contributed by atoms with Crippen molar-refractivity contribution in [2.24, 2.45) is 0 Å². The van der Waals surface area contributed by atoms with Crippen LogP contribution in [0.15, 0.2) is 17.0 Å². The van der Waals surface area contributed by atoms with Gasteiger partial charge in [-0.25, -0.2) is 8.42 Å². The Morgan fingerprint density at radius 2 is 2.17 bits per heavy atom. The maximum atomic E-state index is 12.9. The number of hydrogen-bond acceptors (Lipinski definition) is 5. The molecule has 1 N–H and O–H groups in total. The van der Waals surface area contributed by atoms with Gasteiger partial charge in [0.25, 0.3) is 5.91 Å². The average Bonchev–Trinajstić information content (AvgIpc) is 2.46. The fourth-order valence-electron chi connectivity index (χ4n) is 2.45. The van der Waals surface area contributed by atoms with Crippen LogP contribution in [0.25, 0.3) is 0 Å². The zero-order chi connectivity index (χ0) is 17.2. The number of hydrogen-bond donors (Lipinski definition) is 1. The van der Waals surface area contributed by atoms with E-state index in [4.69, 9.17) is 21.1 Å². The summed E-state index contributed by atoms with van der Waals surface area (Å²) in [5.74, 6) is -0.0314. The highest BCUT2D eigenvalue weighted by molar-refractivity contribution is 7.89. The van der Waals surface area contributed by atoms with Gasteiger partial charge in [-0.05, 0) is 13.0 Å². The molecule has 1 aliphatic rings. The van der Waals surface area contributed by atoms with Crippen molar-refractivity contribution in [3.8, 4) is 5.75 Å². The molecule has 7 nitrogen and oxygen atoms in total. The van der Waals surface area contributed by atoms with E-state index >= 15 is 0 Å². The topological polar surface area (TPSA) is 84.9 Å². The van der Waals surface area contributed by atoms with Crippen LogP contribution in [0, 0.1) is 0 Å². The molecule has 1 atom stereocenters. The van der Waals surface area contributed by atoms with Crippen molar-refractivity contribution < 1.29 is 22.7 Å². The van der Waals surface area contributed by atoms with Crippen LogP contribution in [-0.4, -0.2) is 51.5 Å². The standard InChI is InChI=1S/C14H19ClN2O5S/c1-4-17(9(2)7-21-3)23(19,20)13-6-12-11(5-10(13)15)16-14(18)8-22-12/h5-6,9H,4,7-8H2,1-3H3,(H,16,18)/t9-/m1/s1. The number of anilines is 1. The van der Waals surface area contributed by atoms with Crippen molar-refractivity contribution in [2.45, 2.75) is 24.8 Å². The second-order valence-electron chi connectivity index (χ2n) is 5.13. The molecule has 0 bridgehead atoms. The third-order valence-electron chi connectivity index (χ3n) is 3.46. The van der Waals surface area contributed by atoms with Crippen LogP contribution in [0.1, 0.15) is 13.8 Å². The highest BCUT2D eigenvalue weighted by Crippen LogP contribution is 2.37. The van der Waals surface area contributed by atoms with Crippen LogP contribution in [0.4, 0.5) is 5.69 Å². The van der Waals surface area contributed by atoms with Gasteiger partial charge >= 0.3 is 0 Å². The van der Waals surface area contributed by atoms with Gasteiger partial charge in [0.1, 0.15) is 10.6 Å². The van der Waals surface area contributed by atoms with E-state index in [1.165, 1.54) is 23.5 Å². The quantitative estimate of drug-likeness (QED) is 0.832. The largest absolute Gasteiger partial charge is 0.482 e. The van der Waals surface area contributed by atoms with Gasteiger partial charge in [0.2, 0.25) is 10.0 Å². The highest BCUT2D eigenvalue weighted by Gasteiger charge is 2.31. The molecule has 0 saturated heterocycles. The predicted octanol–water partition coefficient (Wildman–Crippen LogP) is 1.72. The summed E-state index contributed by atoms with van der Waals surface area (Å²) in [5, 5.41) is 2.61. The summed E-state index contributed by atoms with van der Waals surface area (Å²) in [6.07, 6.45) is 0. The molecule has 0 aliphatic carbocycles. The molecule has 9 heteroatoms. The van der Waals surface area contributed by atoms with E-state index in [1.807, 2.05) is 0 Å². The van der Waals surface area contributed by atoms with Crippen molar-refractivity contribution in [3.05, 3.63) is 17.2 Å². The lowest BCUT2D eigenvalue weighted by molar-refractivity contribution is -0.118. The monoisotopic (exact) mass is 362 g/mol. The first-order valence-corrected chi connectivity index (χ1v) is 8.90. The number of rotatable bonds is 6. The van der Waals surface area contributed by atoms with Gasteiger partial charge in [-0.3, -0.25) is 4.79 Å². The van der Waals surface area contributed by atoms with Crippen LogP contribution in [0.3, 0.4) is 0 Å². The van der Waals surface area contributed by atoms with E-state index in [0.717, 1.165) is 0 Å². The molecule has 2 rings (SSSR count). The lowest BCUT2D eigenvalue weighted by Crippen LogP contribution is -2.41. The number of nitrogens with one attached hydrogen (secondary N) is 1. The first-order valence-electron chi connectivity index (χ1n) is 7.08. The van der Waals surface area contributed by atoms with Crippen LogP contribution in [-0.2, 0) is 19.6 Å². The molecule has 0 fully saturated rings. The summed E-state index contributed by atoms with van der Waals surface area (Å²) in [6, 6.07) is 2.38. The molecule has 0 spiro atoms. The Balaban J connectivity index is 2.45. The normalized spacial score (nSPS) is 15.8. The van der Waals surface area contributed by atoms with E-state index in [-0.39, 0.29) is 47.4 Å². The maximum Gasteiger partial charge on any atom is 0.262 e. The Labute approximate surface area is 140 Å². The Morgan fingerprint density at radius 1 is 1.48 bits per heavy atom. The van der Waals surface area contributed by atoms with Gasteiger partial charge in [0.15, 0.2) is 6.61 Å². The number of fused-ring (bicyclic) bond motifs is 1. The van der Waals surface area contributed by atoms with Gasteiger partial charge < -0.3 is 14.8 Å². The molecule has 0 saturated carbocycles. The van der Waals surface area contributed by atoms with Crippen LogP contribution in [0.5, 0.6) is 5.75 Å². The van der Waals surface area contributed by atoms with Crippen molar-refractivity contribution in [3.63, 3.8) is 0 Å². The molecule has 1 amide bonds. The van der Waals surface area contributed by atoms with E-state index in [2.05, 4.69) is 5.32 Å². The number of sulfonamides is 1. The predicted molar refractivity (Wildman–Crippen MR) is 86.5 cm³/mol. The minimum absolute atomic E-state index is 0.0256. The first-order chi connectivity index (χ1) is 10.8. The zero-order valence-electron chi connectivity index (χ0n) is 13.1. The zero-order valence-corrected chi connectivity index (χ0v) is 14.7. The van der Waals surface area contributed by atoms with Crippen LogP contribution < -0.4 is 10.1 Å². The number of nitrogens with zero attached hydrogens (tertiary/aromatic N) is 1. The summed E-state index contributed by atoms with van der Waals surface area (Å²) < 4.78 is 37.4. The van der Waals surface area contributed by atoms with Gasteiger partial charge in [0.05, 0.1) is 17.3 Å². The number of halogens is 1. The lowest BCUT2D eigenvalue weighted by atomic mass is 10.2. The summed E-state index contributed by atoms with van der Waals surface area (Å²) in [5.41, 5.74) is 0.359. The number of carbonyl (C=O) groups is 1. The van der Waals surface area contributed by atoms with Crippen molar-refractivity contribution >= 4 is 33.2 Å². The lowest BCUT2D eigenvalue weighted by Gasteiger charge is -2.28. The van der Waals surface area contributed by atoms with Crippen molar-refractivity contribution in [2.75, 3.05) is 32.2 Å². The van der Waals surface area contributed by atoms with Crippen molar-refractivity contribution in [1.82, 2.24) is 4.31 Å². The number of carbonyl (C=O) groups excluding carboxylic acids is 1. The summed E-state index contributed by atoms with van der Waals surface area (Å²) in [7, 11) is -2.31. The molecule has 1 aliphatic heterocycles. The SMILES string of the molecule is CCN([C@H](C)COC)S(=O)(=O)c1cc2c(cc1Cl)NC(=O)CO2. The smallest absolute Gasteiger partial charge is 0.262 e. The van der Waals surface area contributed by atoms with E-state index in [1.54, 1.807) is 13.8 Å². The average molecular weight is 363 g/mol. The molecule has 1 aromatic carbocycles. The summed E-state index contributed by atoms with van der Waals surface area (Å²) in [6.45, 7) is 3.88. The number of benzene rings is 1. The van der Waals surface area contributed by atoms with Crippen LogP contribution >= 0.6 is 11.6 Å². The first kappa shape index (κ1) is 18.0. The Morgan fingerprint density at radius 3 is 2.78 bits per heavy atom. The fourth-order valence-corrected chi connectivity index (χ4v) is 4.59. The van der Waals surface area contributed by atoms with Gasteiger partial charge in [0, 0.05) is 25.8 Å². The fraction of sp³-hybridized carbons (Fsp3) is 0.500. The van der Waals surface area contributed by atoms with Gasteiger partial charge in [-0.1, -0.05) is 18.5 Å². The molecule has 0 aromatic heterocycles. The molecule has 0 unspecified atom stereocenters. The molecular formula is C14H19ClN2O5S. The maximum absolute atomic E-state index is 12.9. The van der Waals surface area contributed by atoms with E-state index < -0.39 is 10.0 Å². The number of ether oxygens (including phenoxy) is 2. The van der Waals surface area contributed by atoms with E-state index in [0.29, 0.717) is 5.69 Å². The number of likely N-dealkylation sites (N-methyl/N-ethyl adjacent to an activating group) is 1. The van der Waals surface area contributed by atoms with E-state index in [9.17, 15) is 13.2 Å². The molecule has 1 heterocycles. The Bertz CT molecular complexity index is 707. The third kappa shape index (κ3) is 3.60. The van der Waals surface area contributed by atoms with Crippen LogP contribution in [0.2, 0.25) is 5.02 Å². The second kappa shape index (κ2) is 7.04. The Hall–Kier alpha value is -1.35. The number of methoxy groups -OCH3 is 1. The Kier molecular flexibility index (Phi) is 5.51. The minimum atomic E-state index is -3.82. The second-order valence-corrected chi connectivity index (χ2v) is 7.39. The molecule has 0 radical (unpaired) electrons. The van der Waals surface area contributed by atoms with Gasteiger partial charge in [-0.2, -0.15) is 4.31 Å². The molecule has 23 heavy (non-hydrogen) atoms. The number of amides is 1. The molecule has 128 valence electrons. The van der Waals surface area contributed by atoms with Crippen molar-refractivity contribution in [1.29, 1.82) is 0 Å². The van der Waals surface area contributed by atoms with Gasteiger partial charge in [-0.15, -0.1) is 0 Å². The molecular weight excluding hydrogens is 344 g/mol.